The smallest absolute Gasteiger partial charge is 0.240 e. The molecule has 6 heteroatoms. The maximum Gasteiger partial charge on any atom is 0.240 e. The van der Waals surface area contributed by atoms with Crippen LogP contribution in [-0.4, -0.2) is 20.7 Å². The molecule has 0 amide bonds. The second-order valence-electron chi connectivity index (χ2n) is 5.65. The minimum atomic E-state index is -3.70. The van der Waals surface area contributed by atoms with E-state index in [0.717, 1.165) is 37.7 Å². The van der Waals surface area contributed by atoms with Gasteiger partial charge in [0.2, 0.25) is 10.0 Å². The van der Waals surface area contributed by atoms with Gasteiger partial charge in [0.1, 0.15) is 12.1 Å². The topological polar surface area (TPSA) is 63.2 Å². The van der Waals surface area contributed by atoms with Gasteiger partial charge in [-0.2, -0.15) is 0 Å². The predicted octanol–water partition coefficient (Wildman–Crippen LogP) is 1.72. The Balaban J connectivity index is 1.83. The van der Waals surface area contributed by atoms with E-state index in [4.69, 9.17) is 0 Å². The first-order valence-electron chi connectivity index (χ1n) is 6.74. The zero-order chi connectivity index (χ0) is 14.3. The Morgan fingerprint density at radius 1 is 1.15 bits per heavy atom. The first-order chi connectivity index (χ1) is 9.51. The van der Waals surface area contributed by atoms with Gasteiger partial charge in [-0.05, 0) is 55.4 Å². The van der Waals surface area contributed by atoms with Crippen molar-refractivity contribution in [2.75, 3.05) is 0 Å². The van der Waals surface area contributed by atoms with Gasteiger partial charge >= 0.3 is 0 Å². The first-order valence-corrected chi connectivity index (χ1v) is 8.23. The van der Waals surface area contributed by atoms with Crippen LogP contribution in [0.25, 0.3) is 0 Å². The molecule has 4 atom stereocenters. The minimum absolute atomic E-state index is 0.0336. The average Bonchev–Trinajstić information content (AvgIpc) is 2.99. The highest BCUT2D eigenvalue weighted by Gasteiger charge is 2.48. The highest BCUT2D eigenvalue weighted by Crippen LogP contribution is 2.48. The summed E-state index contributed by atoms with van der Waals surface area (Å²) in [6.07, 6.45) is 3.76. The summed E-state index contributed by atoms with van der Waals surface area (Å²) in [6, 6.07) is 4.39. The van der Waals surface area contributed by atoms with E-state index >= 15 is 0 Å². The molecule has 1 N–H and O–H groups in total. The van der Waals surface area contributed by atoms with Crippen LogP contribution in [0.2, 0.25) is 0 Å². The zero-order valence-corrected chi connectivity index (χ0v) is 11.6. The van der Waals surface area contributed by atoms with Gasteiger partial charge in [-0.25, -0.2) is 17.5 Å². The number of aldehydes is 1. The summed E-state index contributed by atoms with van der Waals surface area (Å²) in [4.78, 5) is 11.2. The van der Waals surface area contributed by atoms with Crippen molar-refractivity contribution in [1.82, 2.24) is 4.72 Å². The van der Waals surface area contributed by atoms with Crippen LogP contribution in [0.4, 0.5) is 4.39 Å². The molecule has 1 aromatic rings. The third-order valence-electron chi connectivity index (χ3n) is 4.55. The van der Waals surface area contributed by atoms with Crippen molar-refractivity contribution in [3.05, 3.63) is 30.1 Å². The second-order valence-corrected chi connectivity index (χ2v) is 7.36. The van der Waals surface area contributed by atoms with Gasteiger partial charge in [-0.15, -0.1) is 0 Å². The van der Waals surface area contributed by atoms with Crippen LogP contribution < -0.4 is 4.72 Å². The summed E-state index contributed by atoms with van der Waals surface area (Å²) in [5.74, 6) is -0.164. The fourth-order valence-electron chi connectivity index (χ4n) is 3.57. The number of carbonyl (C=O) groups excluding carboxylic acids is 1. The molecule has 108 valence electrons. The molecule has 0 spiro atoms. The van der Waals surface area contributed by atoms with Crippen molar-refractivity contribution in [3.63, 3.8) is 0 Å². The van der Waals surface area contributed by atoms with Crippen molar-refractivity contribution in [2.24, 2.45) is 17.8 Å². The van der Waals surface area contributed by atoms with Crippen molar-refractivity contribution >= 4 is 16.3 Å². The van der Waals surface area contributed by atoms with Gasteiger partial charge in [0.15, 0.2) is 0 Å². The molecule has 0 aromatic heterocycles. The summed E-state index contributed by atoms with van der Waals surface area (Å²) in [6.45, 7) is 0. The number of rotatable bonds is 4. The normalized spacial score (nSPS) is 32.5. The van der Waals surface area contributed by atoms with Crippen LogP contribution in [-0.2, 0) is 14.8 Å². The second kappa shape index (κ2) is 4.93. The molecule has 0 saturated heterocycles. The van der Waals surface area contributed by atoms with E-state index in [0.29, 0.717) is 5.92 Å². The standard InChI is InChI=1S/C14H16FNO3S/c15-11-3-5-12(6-4-11)20(18,19)16-14-10-2-1-9(7-10)13(14)8-17/h3-6,8-10,13-14,16H,1-2,7H2. The molecular formula is C14H16FNO3S. The molecule has 0 radical (unpaired) electrons. The lowest BCUT2D eigenvalue weighted by Crippen LogP contribution is -2.44. The Labute approximate surface area is 117 Å². The number of hydrogen-bond acceptors (Lipinski definition) is 3. The number of sulfonamides is 1. The van der Waals surface area contributed by atoms with Crippen molar-refractivity contribution in [1.29, 1.82) is 0 Å². The Hall–Kier alpha value is -1.27. The maximum atomic E-state index is 12.9. The minimum Gasteiger partial charge on any atom is -0.303 e. The van der Waals surface area contributed by atoms with Crippen LogP contribution in [0, 0.1) is 23.6 Å². The van der Waals surface area contributed by atoms with Gasteiger partial charge in [0.05, 0.1) is 4.90 Å². The third-order valence-corrected chi connectivity index (χ3v) is 6.03. The Morgan fingerprint density at radius 2 is 1.80 bits per heavy atom. The van der Waals surface area contributed by atoms with Gasteiger partial charge < -0.3 is 4.79 Å². The summed E-state index contributed by atoms with van der Waals surface area (Å²) >= 11 is 0. The molecule has 4 unspecified atom stereocenters. The summed E-state index contributed by atoms with van der Waals surface area (Å²) in [5, 5.41) is 0. The Kier molecular flexibility index (Phi) is 3.38. The highest BCUT2D eigenvalue weighted by atomic mass is 32.2. The fourth-order valence-corrected chi connectivity index (χ4v) is 4.91. The number of fused-ring (bicyclic) bond motifs is 2. The highest BCUT2D eigenvalue weighted by molar-refractivity contribution is 7.89. The number of nitrogens with one attached hydrogen (secondary N) is 1. The average molecular weight is 297 g/mol. The van der Waals surface area contributed by atoms with E-state index in [2.05, 4.69) is 4.72 Å². The van der Waals surface area contributed by atoms with Crippen molar-refractivity contribution in [2.45, 2.75) is 30.2 Å². The Morgan fingerprint density at radius 3 is 2.45 bits per heavy atom. The van der Waals surface area contributed by atoms with Crippen LogP contribution in [0.5, 0.6) is 0 Å². The summed E-state index contributed by atoms with van der Waals surface area (Å²) in [5.41, 5.74) is 0. The van der Waals surface area contributed by atoms with Gasteiger partial charge in [-0.3, -0.25) is 0 Å². The molecule has 4 nitrogen and oxygen atoms in total. The van der Waals surface area contributed by atoms with Crippen LogP contribution in [0.3, 0.4) is 0 Å². The maximum absolute atomic E-state index is 12.9. The Bertz CT molecular complexity index is 614. The monoisotopic (exact) mass is 297 g/mol. The molecule has 2 aliphatic carbocycles. The number of carbonyl (C=O) groups is 1. The number of halogens is 1. The van der Waals surface area contributed by atoms with Crippen LogP contribution >= 0.6 is 0 Å². The van der Waals surface area contributed by atoms with Gasteiger partial charge in [0, 0.05) is 12.0 Å². The number of benzene rings is 1. The molecule has 20 heavy (non-hydrogen) atoms. The summed E-state index contributed by atoms with van der Waals surface area (Å²) in [7, 11) is -3.70. The van der Waals surface area contributed by atoms with Gasteiger partial charge in [-0.1, -0.05) is 0 Å². The quantitative estimate of drug-likeness (QED) is 0.861. The third kappa shape index (κ3) is 2.27. The van der Waals surface area contributed by atoms with Crippen LogP contribution in [0.15, 0.2) is 29.2 Å². The molecule has 2 bridgehead atoms. The van der Waals surface area contributed by atoms with E-state index in [1.165, 1.54) is 12.1 Å². The molecule has 2 aliphatic rings. The van der Waals surface area contributed by atoms with Crippen LogP contribution in [0.1, 0.15) is 19.3 Å². The lowest BCUT2D eigenvalue weighted by atomic mass is 9.86. The van der Waals surface area contributed by atoms with Crippen molar-refractivity contribution in [3.8, 4) is 0 Å². The van der Waals surface area contributed by atoms with Gasteiger partial charge in [0.25, 0.3) is 0 Å². The van der Waals surface area contributed by atoms with E-state index in [-0.39, 0.29) is 22.8 Å². The fraction of sp³-hybridized carbons (Fsp3) is 0.500. The molecule has 3 rings (SSSR count). The SMILES string of the molecule is O=CC1C2CCC(C2)C1NS(=O)(=O)c1ccc(F)cc1. The van der Waals surface area contributed by atoms with E-state index < -0.39 is 15.8 Å². The molecule has 2 saturated carbocycles. The van der Waals surface area contributed by atoms with E-state index in [1.807, 2.05) is 0 Å². The van der Waals surface area contributed by atoms with Crippen molar-refractivity contribution < 1.29 is 17.6 Å². The predicted molar refractivity (Wildman–Crippen MR) is 70.9 cm³/mol. The molecule has 0 heterocycles. The molecular weight excluding hydrogens is 281 g/mol. The van der Waals surface area contributed by atoms with E-state index in [9.17, 15) is 17.6 Å². The zero-order valence-electron chi connectivity index (χ0n) is 10.8. The molecule has 0 aliphatic heterocycles. The number of hydrogen-bond donors (Lipinski definition) is 1. The molecule has 2 fully saturated rings. The summed E-state index contributed by atoms with van der Waals surface area (Å²) < 4.78 is 40.1. The largest absolute Gasteiger partial charge is 0.303 e. The lowest BCUT2D eigenvalue weighted by molar-refractivity contribution is -0.112. The molecule has 1 aromatic carbocycles. The lowest BCUT2D eigenvalue weighted by Gasteiger charge is -2.27. The van der Waals surface area contributed by atoms with E-state index in [1.54, 1.807) is 0 Å². The first kappa shape index (κ1) is 13.7.